The maximum Gasteiger partial charge on any atom is 0.246 e. The van der Waals surface area contributed by atoms with Crippen molar-refractivity contribution < 1.29 is 9.59 Å². The number of hydrogen-bond acceptors (Lipinski definition) is 3. The highest BCUT2D eigenvalue weighted by atomic mass is 16.2. The number of carbonyl (C=O) groups is 2. The predicted octanol–water partition coefficient (Wildman–Crippen LogP) is 5.27. The van der Waals surface area contributed by atoms with Crippen LogP contribution in [0.2, 0.25) is 0 Å². The Morgan fingerprint density at radius 1 is 0.943 bits per heavy atom. The molecule has 1 aromatic heterocycles. The molecule has 0 spiro atoms. The Bertz CT molecular complexity index is 1300. The summed E-state index contributed by atoms with van der Waals surface area (Å²) in [5.74, 6) is 0.0336. The molecule has 178 valence electrons. The van der Waals surface area contributed by atoms with E-state index in [4.69, 9.17) is 4.98 Å². The van der Waals surface area contributed by atoms with E-state index in [-0.39, 0.29) is 30.8 Å². The molecule has 4 rings (SSSR count). The molecule has 0 fully saturated rings. The summed E-state index contributed by atoms with van der Waals surface area (Å²) in [6.45, 7) is 5.80. The molecule has 1 heterocycles. The minimum Gasteiger partial charge on any atom is -0.331 e. The average molecular weight is 467 g/mol. The number of rotatable bonds is 8. The van der Waals surface area contributed by atoms with Gasteiger partial charge < -0.3 is 4.90 Å². The van der Waals surface area contributed by atoms with Gasteiger partial charge in [-0.05, 0) is 44.0 Å². The second-order valence-electron chi connectivity index (χ2n) is 8.85. The third-order valence-electron chi connectivity index (χ3n) is 5.76. The van der Waals surface area contributed by atoms with Gasteiger partial charge in [0.1, 0.15) is 6.54 Å². The van der Waals surface area contributed by atoms with E-state index < -0.39 is 0 Å². The van der Waals surface area contributed by atoms with E-state index in [0.717, 1.165) is 28.1 Å². The first-order valence-corrected chi connectivity index (χ1v) is 11.8. The van der Waals surface area contributed by atoms with Crippen molar-refractivity contribution in [2.24, 2.45) is 0 Å². The number of hydrogen-bond donors (Lipinski definition) is 1. The van der Waals surface area contributed by atoms with Crippen LogP contribution in [-0.2, 0) is 16.0 Å². The topological polar surface area (TPSA) is 67.2 Å². The van der Waals surface area contributed by atoms with Gasteiger partial charge in [0, 0.05) is 23.5 Å². The smallest absolute Gasteiger partial charge is 0.246 e. The molecule has 0 aliphatic rings. The summed E-state index contributed by atoms with van der Waals surface area (Å²) in [7, 11) is 0. The molecule has 0 atom stereocenters. The molecule has 4 aromatic rings. The maximum atomic E-state index is 13.1. The van der Waals surface area contributed by atoms with Crippen molar-refractivity contribution >= 4 is 17.8 Å². The number of nitrogens with zero attached hydrogens (tertiary/aromatic N) is 3. The number of nitrogens with one attached hydrogen (secondary N) is 1. The van der Waals surface area contributed by atoms with E-state index in [0.29, 0.717) is 5.95 Å². The lowest BCUT2D eigenvalue weighted by molar-refractivity contribution is -0.135. The molecule has 0 aliphatic carbocycles. The lowest BCUT2D eigenvalue weighted by Crippen LogP contribution is -2.43. The van der Waals surface area contributed by atoms with Crippen molar-refractivity contribution in [3.05, 3.63) is 102 Å². The van der Waals surface area contributed by atoms with E-state index >= 15 is 0 Å². The molecular weight excluding hydrogens is 436 g/mol. The average Bonchev–Trinajstić information content (AvgIpc) is 3.27. The van der Waals surface area contributed by atoms with Crippen LogP contribution >= 0.6 is 0 Å². The Kier molecular flexibility index (Phi) is 7.41. The van der Waals surface area contributed by atoms with Crippen molar-refractivity contribution in [1.29, 1.82) is 0 Å². The highest BCUT2D eigenvalue weighted by Crippen LogP contribution is 2.24. The summed E-state index contributed by atoms with van der Waals surface area (Å²) < 4.78 is 1.87. The van der Waals surface area contributed by atoms with Crippen molar-refractivity contribution in [2.75, 3.05) is 11.9 Å². The van der Waals surface area contributed by atoms with Crippen molar-refractivity contribution in [2.45, 2.75) is 33.2 Å². The molecule has 0 bridgehead atoms. The highest BCUT2D eigenvalue weighted by Gasteiger charge is 2.22. The fourth-order valence-electron chi connectivity index (χ4n) is 3.94. The molecule has 6 heteroatoms. The molecule has 2 amide bonds. The quantitative estimate of drug-likeness (QED) is 0.385. The van der Waals surface area contributed by atoms with Gasteiger partial charge in [0.05, 0.1) is 12.1 Å². The third-order valence-corrected chi connectivity index (χ3v) is 5.76. The summed E-state index contributed by atoms with van der Waals surface area (Å²) >= 11 is 0. The van der Waals surface area contributed by atoms with E-state index in [1.165, 1.54) is 0 Å². The summed E-state index contributed by atoms with van der Waals surface area (Å²) in [5, 5.41) is 2.94. The summed E-state index contributed by atoms with van der Waals surface area (Å²) in [4.78, 5) is 32.4. The Balaban J connectivity index is 1.57. The molecule has 1 N–H and O–H groups in total. The Hall–Kier alpha value is -4.19. The van der Waals surface area contributed by atoms with E-state index in [1.54, 1.807) is 4.90 Å². The van der Waals surface area contributed by atoms with E-state index in [2.05, 4.69) is 5.32 Å². The van der Waals surface area contributed by atoms with Gasteiger partial charge in [-0.3, -0.25) is 19.5 Å². The van der Waals surface area contributed by atoms with Crippen LogP contribution < -0.4 is 5.32 Å². The monoisotopic (exact) mass is 466 g/mol. The second-order valence-corrected chi connectivity index (χ2v) is 8.85. The largest absolute Gasteiger partial charge is 0.331 e. The van der Waals surface area contributed by atoms with Gasteiger partial charge in [-0.2, -0.15) is 0 Å². The number of imidazole rings is 1. The number of aryl methyl sites for hydroxylation is 1. The van der Waals surface area contributed by atoms with Crippen LogP contribution in [0.3, 0.4) is 0 Å². The van der Waals surface area contributed by atoms with Gasteiger partial charge in [-0.1, -0.05) is 72.8 Å². The van der Waals surface area contributed by atoms with Crippen LogP contribution in [0.1, 0.15) is 25.0 Å². The molecule has 3 aromatic carbocycles. The fourth-order valence-corrected chi connectivity index (χ4v) is 3.94. The summed E-state index contributed by atoms with van der Waals surface area (Å²) in [5.41, 5.74) is 4.63. The predicted molar refractivity (Wildman–Crippen MR) is 139 cm³/mol. The molecule has 0 aliphatic heterocycles. The standard InChI is InChI=1S/C29H30N4O2/c1-21(2)32(28(35)18-23-12-6-4-7-13-23)20-27(34)31-29-30-26(24-14-8-5-9-15-24)19-33(29)25-16-10-11-22(3)17-25/h4-17,19,21H,18,20H2,1-3H3,(H,30,31,34). The van der Waals surface area contributed by atoms with Crippen LogP contribution in [0.15, 0.2) is 91.1 Å². The Labute approximate surface area is 206 Å². The molecule has 0 saturated carbocycles. The Morgan fingerprint density at radius 3 is 2.29 bits per heavy atom. The first-order chi connectivity index (χ1) is 16.9. The van der Waals surface area contributed by atoms with Gasteiger partial charge in [0.15, 0.2) is 0 Å². The number of amides is 2. The lowest BCUT2D eigenvalue weighted by Gasteiger charge is -2.26. The van der Waals surface area contributed by atoms with Crippen LogP contribution in [0.5, 0.6) is 0 Å². The van der Waals surface area contributed by atoms with E-state index in [9.17, 15) is 9.59 Å². The SMILES string of the molecule is Cc1cccc(-n2cc(-c3ccccc3)nc2NC(=O)CN(C(=O)Cc2ccccc2)C(C)C)c1. The van der Waals surface area contributed by atoms with Gasteiger partial charge in [0.25, 0.3) is 0 Å². The van der Waals surface area contributed by atoms with Crippen molar-refractivity contribution in [3.63, 3.8) is 0 Å². The van der Waals surface area contributed by atoms with Crippen LogP contribution in [0.4, 0.5) is 5.95 Å². The van der Waals surface area contributed by atoms with Crippen molar-refractivity contribution in [1.82, 2.24) is 14.5 Å². The number of anilines is 1. The van der Waals surface area contributed by atoms with Gasteiger partial charge in [0.2, 0.25) is 17.8 Å². The second kappa shape index (κ2) is 10.8. The molecule has 35 heavy (non-hydrogen) atoms. The number of benzene rings is 3. The Morgan fingerprint density at radius 2 is 1.63 bits per heavy atom. The van der Waals surface area contributed by atoms with Crippen LogP contribution in [0, 0.1) is 6.92 Å². The molecule has 0 unspecified atom stereocenters. The highest BCUT2D eigenvalue weighted by molar-refractivity contribution is 5.94. The maximum absolute atomic E-state index is 13.1. The third kappa shape index (κ3) is 6.03. The summed E-state index contributed by atoms with van der Waals surface area (Å²) in [6, 6.07) is 27.3. The first kappa shape index (κ1) is 24.0. The minimum absolute atomic E-state index is 0.0509. The zero-order valence-corrected chi connectivity index (χ0v) is 20.3. The zero-order valence-electron chi connectivity index (χ0n) is 20.3. The summed E-state index contributed by atoms with van der Waals surface area (Å²) in [6.07, 6.45) is 2.17. The normalized spacial score (nSPS) is 10.9. The molecule has 0 radical (unpaired) electrons. The van der Waals surface area contributed by atoms with Gasteiger partial charge in [-0.15, -0.1) is 0 Å². The zero-order chi connectivity index (χ0) is 24.8. The van der Waals surface area contributed by atoms with Gasteiger partial charge in [-0.25, -0.2) is 4.98 Å². The molecular formula is C29H30N4O2. The van der Waals surface area contributed by atoms with Crippen LogP contribution in [0.25, 0.3) is 16.9 Å². The number of aromatic nitrogens is 2. The van der Waals surface area contributed by atoms with Gasteiger partial charge >= 0.3 is 0 Å². The van der Waals surface area contributed by atoms with E-state index in [1.807, 2.05) is 116 Å². The number of carbonyl (C=O) groups excluding carboxylic acids is 2. The molecule has 0 saturated heterocycles. The lowest BCUT2D eigenvalue weighted by atomic mass is 10.1. The van der Waals surface area contributed by atoms with Crippen molar-refractivity contribution in [3.8, 4) is 16.9 Å². The van der Waals surface area contributed by atoms with Crippen LogP contribution in [-0.4, -0.2) is 38.9 Å². The minimum atomic E-state index is -0.292. The molecule has 6 nitrogen and oxygen atoms in total. The fraction of sp³-hybridized carbons (Fsp3) is 0.207. The first-order valence-electron chi connectivity index (χ1n) is 11.8.